The van der Waals surface area contributed by atoms with Crippen LogP contribution in [0.15, 0.2) is 42.5 Å². The molecule has 1 unspecified atom stereocenters. The van der Waals surface area contributed by atoms with E-state index in [1.165, 1.54) is 6.07 Å². The van der Waals surface area contributed by atoms with Crippen molar-refractivity contribution in [3.8, 4) is 0 Å². The van der Waals surface area contributed by atoms with Gasteiger partial charge in [0.25, 0.3) is 0 Å². The fourth-order valence-corrected chi connectivity index (χ4v) is 2.29. The minimum absolute atomic E-state index is 0.0109. The van der Waals surface area contributed by atoms with E-state index < -0.39 is 5.82 Å². The second-order valence-electron chi connectivity index (χ2n) is 4.65. The average Bonchev–Trinajstić information content (AvgIpc) is 2.44. The number of hydrogen-bond donors (Lipinski definition) is 2. The van der Waals surface area contributed by atoms with Gasteiger partial charge >= 0.3 is 0 Å². The number of hydrogen-bond acceptors (Lipinski definition) is 2. The van der Waals surface area contributed by atoms with Gasteiger partial charge in [-0.3, -0.25) is 11.3 Å². The van der Waals surface area contributed by atoms with E-state index in [1.807, 2.05) is 24.3 Å². The average molecular weight is 313 g/mol. The largest absolute Gasteiger partial charge is 0.271 e. The SMILES string of the molecule is NNC(Cc1ccc(Cl)cc1)Cc1ccc(Cl)c(F)c1. The lowest BCUT2D eigenvalue weighted by Crippen LogP contribution is -2.38. The van der Waals surface area contributed by atoms with Crippen LogP contribution in [-0.2, 0) is 12.8 Å². The highest BCUT2D eigenvalue weighted by Gasteiger charge is 2.10. The number of nitrogens with one attached hydrogen (secondary N) is 1. The molecule has 0 spiro atoms. The van der Waals surface area contributed by atoms with Crippen LogP contribution in [0.2, 0.25) is 10.0 Å². The Bertz CT molecular complexity index is 573. The van der Waals surface area contributed by atoms with Crippen LogP contribution in [0.25, 0.3) is 0 Å². The maximum Gasteiger partial charge on any atom is 0.142 e. The third-order valence-electron chi connectivity index (χ3n) is 3.10. The van der Waals surface area contributed by atoms with Gasteiger partial charge in [0.2, 0.25) is 0 Å². The van der Waals surface area contributed by atoms with Crippen molar-refractivity contribution in [3.63, 3.8) is 0 Å². The van der Waals surface area contributed by atoms with Crippen LogP contribution in [0.5, 0.6) is 0 Å². The van der Waals surface area contributed by atoms with Crippen molar-refractivity contribution in [3.05, 3.63) is 69.5 Å². The molecule has 0 bridgehead atoms. The molecule has 20 heavy (non-hydrogen) atoms. The van der Waals surface area contributed by atoms with Crippen molar-refractivity contribution in [2.24, 2.45) is 5.84 Å². The van der Waals surface area contributed by atoms with Crippen LogP contribution < -0.4 is 11.3 Å². The van der Waals surface area contributed by atoms with E-state index >= 15 is 0 Å². The molecule has 0 radical (unpaired) electrons. The fraction of sp³-hybridized carbons (Fsp3) is 0.200. The predicted octanol–water partition coefficient (Wildman–Crippen LogP) is 3.75. The predicted molar refractivity (Wildman–Crippen MR) is 81.4 cm³/mol. The van der Waals surface area contributed by atoms with E-state index in [9.17, 15) is 4.39 Å². The van der Waals surface area contributed by atoms with Crippen LogP contribution >= 0.6 is 23.2 Å². The topological polar surface area (TPSA) is 38.0 Å². The number of hydrazine groups is 1. The van der Waals surface area contributed by atoms with Crippen LogP contribution in [0, 0.1) is 5.82 Å². The molecule has 0 aliphatic rings. The maximum atomic E-state index is 13.4. The lowest BCUT2D eigenvalue weighted by molar-refractivity contribution is 0.520. The summed E-state index contributed by atoms with van der Waals surface area (Å²) in [7, 11) is 0. The summed E-state index contributed by atoms with van der Waals surface area (Å²) in [5.41, 5.74) is 4.73. The Labute approximate surface area is 127 Å². The molecule has 0 aliphatic carbocycles. The molecule has 5 heteroatoms. The molecular weight excluding hydrogens is 298 g/mol. The van der Waals surface area contributed by atoms with Gasteiger partial charge in [-0.2, -0.15) is 0 Å². The first-order chi connectivity index (χ1) is 9.58. The molecule has 0 aliphatic heterocycles. The van der Waals surface area contributed by atoms with E-state index in [1.54, 1.807) is 12.1 Å². The minimum atomic E-state index is -0.411. The summed E-state index contributed by atoms with van der Waals surface area (Å²) >= 11 is 11.5. The van der Waals surface area contributed by atoms with Gasteiger partial charge in [0, 0.05) is 11.1 Å². The molecule has 0 fully saturated rings. The number of halogens is 3. The molecule has 0 saturated carbocycles. The lowest BCUT2D eigenvalue weighted by Gasteiger charge is -2.16. The fourth-order valence-electron chi connectivity index (χ4n) is 2.05. The molecule has 2 aromatic rings. The van der Waals surface area contributed by atoms with Crippen LogP contribution in [0.1, 0.15) is 11.1 Å². The first-order valence-electron chi connectivity index (χ1n) is 6.23. The van der Waals surface area contributed by atoms with E-state index in [0.717, 1.165) is 17.5 Å². The molecule has 2 rings (SSSR count). The van der Waals surface area contributed by atoms with Crippen molar-refractivity contribution in [1.82, 2.24) is 5.43 Å². The molecule has 1 atom stereocenters. The highest BCUT2D eigenvalue weighted by atomic mass is 35.5. The molecule has 0 saturated heterocycles. The zero-order valence-corrected chi connectivity index (χ0v) is 12.3. The van der Waals surface area contributed by atoms with Gasteiger partial charge < -0.3 is 0 Å². The smallest absolute Gasteiger partial charge is 0.142 e. The molecule has 106 valence electrons. The van der Waals surface area contributed by atoms with Gasteiger partial charge in [-0.1, -0.05) is 41.4 Å². The van der Waals surface area contributed by atoms with Gasteiger partial charge in [0.15, 0.2) is 0 Å². The third kappa shape index (κ3) is 4.18. The standard InChI is InChI=1S/C15H15Cl2FN2/c16-12-4-1-10(2-5-12)7-13(20-19)8-11-3-6-14(17)15(18)9-11/h1-6,9,13,20H,7-8,19H2. The summed E-state index contributed by atoms with van der Waals surface area (Å²) in [6.07, 6.45) is 1.35. The Hall–Kier alpha value is -1.13. The third-order valence-corrected chi connectivity index (χ3v) is 3.66. The molecular formula is C15H15Cl2FN2. The van der Waals surface area contributed by atoms with Gasteiger partial charge in [0.1, 0.15) is 5.82 Å². The molecule has 0 aromatic heterocycles. The van der Waals surface area contributed by atoms with E-state index in [-0.39, 0.29) is 11.1 Å². The van der Waals surface area contributed by atoms with Gasteiger partial charge in [0.05, 0.1) is 5.02 Å². The molecule has 3 N–H and O–H groups in total. The second kappa shape index (κ2) is 7.04. The number of nitrogens with two attached hydrogens (primary N) is 1. The van der Waals surface area contributed by atoms with Crippen molar-refractivity contribution in [2.75, 3.05) is 0 Å². The Morgan fingerprint density at radius 1 is 1.00 bits per heavy atom. The summed E-state index contributed by atoms with van der Waals surface area (Å²) in [4.78, 5) is 0. The van der Waals surface area contributed by atoms with Crippen LogP contribution in [-0.4, -0.2) is 6.04 Å². The molecule has 2 nitrogen and oxygen atoms in total. The summed E-state index contributed by atoms with van der Waals surface area (Å²) in [5.74, 6) is 5.16. The van der Waals surface area contributed by atoms with Crippen LogP contribution in [0.4, 0.5) is 4.39 Å². The van der Waals surface area contributed by atoms with Gasteiger partial charge in [-0.15, -0.1) is 0 Å². The minimum Gasteiger partial charge on any atom is -0.271 e. The highest BCUT2D eigenvalue weighted by molar-refractivity contribution is 6.30. The van der Waals surface area contributed by atoms with Gasteiger partial charge in [-0.25, -0.2) is 4.39 Å². The maximum absolute atomic E-state index is 13.4. The number of benzene rings is 2. The summed E-state index contributed by atoms with van der Waals surface area (Å²) < 4.78 is 13.4. The first kappa shape index (κ1) is 15.3. The van der Waals surface area contributed by atoms with E-state index in [0.29, 0.717) is 11.4 Å². The summed E-state index contributed by atoms with van der Waals surface area (Å²) in [6, 6.07) is 12.4. The Kier molecular flexibility index (Phi) is 5.38. The molecule has 0 heterocycles. The molecule has 0 amide bonds. The van der Waals surface area contributed by atoms with Crippen molar-refractivity contribution in [1.29, 1.82) is 0 Å². The Morgan fingerprint density at radius 2 is 1.60 bits per heavy atom. The summed E-state index contributed by atoms with van der Waals surface area (Å²) in [6.45, 7) is 0. The summed E-state index contributed by atoms with van der Waals surface area (Å²) in [5, 5.41) is 0.828. The second-order valence-corrected chi connectivity index (χ2v) is 5.49. The molecule has 2 aromatic carbocycles. The quantitative estimate of drug-likeness (QED) is 0.652. The van der Waals surface area contributed by atoms with Gasteiger partial charge in [-0.05, 0) is 48.2 Å². The van der Waals surface area contributed by atoms with Crippen molar-refractivity contribution in [2.45, 2.75) is 18.9 Å². The zero-order valence-electron chi connectivity index (χ0n) is 10.7. The Morgan fingerprint density at radius 3 is 2.20 bits per heavy atom. The van der Waals surface area contributed by atoms with E-state index in [2.05, 4.69) is 5.43 Å². The van der Waals surface area contributed by atoms with Crippen molar-refractivity contribution >= 4 is 23.2 Å². The van der Waals surface area contributed by atoms with Crippen molar-refractivity contribution < 1.29 is 4.39 Å². The van der Waals surface area contributed by atoms with E-state index in [4.69, 9.17) is 29.0 Å². The zero-order chi connectivity index (χ0) is 14.5. The lowest BCUT2D eigenvalue weighted by atomic mass is 9.99. The highest BCUT2D eigenvalue weighted by Crippen LogP contribution is 2.18. The monoisotopic (exact) mass is 312 g/mol. The first-order valence-corrected chi connectivity index (χ1v) is 6.98. The number of rotatable bonds is 5. The Balaban J connectivity index is 2.04. The van der Waals surface area contributed by atoms with Crippen LogP contribution in [0.3, 0.4) is 0 Å². The normalized spacial score (nSPS) is 12.4.